The van der Waals surface area contributed by atoms with Gasteiger partial charge in [0.2, 0.25) is 11.8 Å². The molecule has 0 spiro atoms. The lowest BCUT2D eigenvalue weighted by Gasteiger charge is -2.14. The molecule has 0 aliphatic heterocycles. The standard InChI is InChI=1S/C11H20N4O2/c1-7(2)10(12)11(16)13-6-8-5-9(17-4)15(3)14-8/h5,7,10H,6,12H2,1-4H3,(H,13,16). The summed E-state index contributed by atoms with van der Waals surface area (Å²) < 4.78 is 6.70. The van der Waals surface area contributed by atoms with Crippen LogP contribution in [0.3, 0.4) is 0 Å². The number of nitrogens with one attached hydrogen (secondary N) is 1. The number of amides is 1. The van der Waals surface area contributed by atoms with Crippen molar-refractivity contribution in [2.75, 3.05) is 7.11 Å². The molecule has 96 valence electrons. The van der Waals surface area contributed by atoms with E-state index in [1.54, 1.807) is 24.9 Å². The number of nitrogens with zero attached hydrogens (tertiary/aromatic N) is 2. The molecule has 1 rings (SSSR count). The van der Waals surface area contributed by atoms with Crippen LogP contribution in [0, 0.1) is 5.92 Å². The number of carbonyl (C=O) groups excluding carboxylic acids is 1. The van der Waals surface area contributed by atoms with Crippen LogP contribution in [-0.2, 0) is 18.4 Å². The van der Waals surface area contributed by atoms with Crippen LogP contribution in [-0.4, -0.2) is 28.8 Å². The van der Waals surface area contributed by atoms with Crippen molar-refractivity contribution in [1.29, 1.82) is 0 Å². The van der Waals surface area contributed by atoms with E-state index in [-0.39, 0.29) is 11.8 Å². The quantitative estimate of drug-likeness (QED) is 0.760. The molecule has 0 bridgehead atoms. The third kappa shape index (κ3) is 3.45. The summed E-state index contributed by atoms with van der Waals surface area (Å²) in [5.74, 6) is 0.611. The van der Waals surface area contributed by atoms with Crippen molar-refractivity contribution in [3.05, 3.63) is 11.8 Å². The largest absolute Gasteiger partial charge is 0.481 e. The molecule has 1 amide bonds. The van der Waals surface area contributed by atoms with Crippen molar-refractivity contribution < 1.29 is 9.53 Å². The van der Waals surface area contributed by atoms with Crippen molar-refractivity contribution >= 4 is 5.91 Å². The van der Waals surface area contributed by atoms with E-state index < -0.39 is 6.04 Å². The Morgan fingerprint density at radius 3 is 2.76 bits per heavy atom. The molecule has 0 saturated heterocycles. The Bertz CT molecular complexity index is 387. The highest BCUT2D eigenvalue weighted by molar-refractivity contribution is 5.81. The van der Waals surface area contributed by atoms with Gasteiger partial charge in [0.25, 0.3) is 0 Å². The van der Waals surface area contributed by atoms with E-state index in [1.807, 2.05) is 13.8 Å². The fraction of sp³-hybridized carbons (Fsp3) is 0.636. The van der Waals surface area contributed by atoms with Crippen molar-refractivity contribution in [1.82, 2.24) is 15.1 Å². The second-order valence-corrected chi connectivity index (χ2v) is 4.29. The predicted molar refractivity (Wildman–Crippen MR) is 64.4 cm³/mol. The Morgan fingerprint density at radius 2 is 2.29 bits per heavy atom. The molecule has 0 saturated carbocycles. The number of aromatic nitrogens is 2. The SMILES string of the molecule is COc1cc(CNC(=O)C(N)C(C)C)nn1C. The highest BCUT2D eigenvalue weighted by Gasteiger charge is 2.17. The molecule has 1 atom stereocenters. The summed E-state index contributed by atoms with van der Waals surface area (Å²) in [6, 6.07) is 1.29. The third-order valence-electron chi connectivity index (χ3n) is 2.56. The van der Waals surface area contributed by atoms with Gasteiger partial charge in [-0.25, -0.2) is 4.68 Å². The molecule has 1 aromatic rings. The summed E-state index contributed by atoms with van der Waals surface area (Å²) in [7, 11) is 3.36. The molecule has 17 heavy (non-hydrogen) atoms. The maximum absolute atomic E-state index is 11.6. The Labute approximate surface area is 101 Å². The van der Waals surface area contributed by atoms with Crippen LogP contribution in [0.15, 0.2) is 6.07 Å². The van der Waals surface area contributed by atoms with Gasteiger partial charge in [0, 0.05) is 13.1 Å². The zero-order valence-corrected chi connectivity index (χ0v) is 10.7. The molecular formula is C11H20N4O2. The zero-order chi connectivity index (χ0) is 13.0. The van der Waals surface area contributed by atoms with Gasteiger partial charge >= 0.3 is 0 Å². The molecule has 1 heterocycles. The minimum absolute atomic E-state index is 0.119. The van der Waals surface area contributed by atoms with Gasteiger partial charge in [-0.05, 0) is 5.92 Å². The first-order chi connectivity index (χ1) is 7.95. The highest BCUT2D eigenvalue weighted by Crippen LogP contribution is 2.10. The summed E-state index contributed by atoms with van der Waals surface area (Å²) in [4.78, 5) is 11.6. The van der Waals surface area contributed by atoms with Gasteiger partial charge < -0.3 is 15.8 Å². The van der Waals surface area contributed by atoms with Gasteiger partial charge in [-0.3, -0.25) is 4.79 Å². The van der Waals surface area contributed by atoms with E-state index >= 15 is 0 Å². The van der Waals surface area contributed by atoms with E-state index in [4.69, 9.17) is 10.5 Å². The van der Waals surface area contributed by atoms with Crippen molar-refractivity contribution in [2.24, 2.45) is 18.7 Å². The van der Waals surface area contributed by atoms with E-state index in [2.05, 4.69) is 10.4 Å². The maximum Gasteiger partial charge on any atom is 0.237 e. The van der Waals surface area contributed by atoms with Gasteiger partial charge in [-0.15, -0.1) is 0 Å². The summed E-state index contributed by atoms with van der Waals surface area (Å²) in [6.07, 6.45) is 0. The van der Waals surface area contributed by atoms with Gasteiger partial charge in [0.05, 0.1) is 25.4 Å². The molecule has 0 aliphatic rings. The van der Waals surface area contributed by atoms with E-state index in [0.29, 0.717) is 12.4 Å². The molecule has 6 heteroatoms. The number of hydrogen-bond donors (Lipinski definition) is 2. The van der Waals surface area contributed by atoms with Crippen LogP contribution < -0.4 is 15.8 Å². The van der Waals surface area contributed by atoms with E-state index in [1.165, 1.54) is 0 Å². The number of rotatable bonds is 5. The fourth-order valence-corrected chi connectivity index (χ4v) is 1.38. The van der Waals surface area contributed by atoms with Gasteiger partial charge in [0.15, 0.2) is 0 Å². The molecule has 3 N–H and O–H groups in total. The number of methoxy groups -OCH3 is 1. The van der Waals surface area contributed by atoms with E-state index in [9.17, 15) is 4.79 Å². The zero-order valence-electron chi connectivity index (χ0n) is 10.7. The number of ether oxygens (including phenoxy) is 1. The van der Waals surface area contributed by atoms with Crippen LogP contribution in [0.2, 0.25) is 0 Å². The Morgan fingerprint density at radius 1 is 1.65 bits per heavy atom. The lowest BCUT2D eigenvalue weighted by molar-refractivity contribution is -0.123. The predicted octanol–water partition coefficient (Wildman–Crippen LogP) is 0.0282. The topological polar surface area (TPSA) is 82.2 Å². The molecule has 0 fully saturated rings. The van der Waals surface area contributed by atoms with Crippen molar-refractivity contribution in [3.63, 3.8) is 0 Å². The Kier molecular flexibility index (Phi) is 4.51. The number of aryl methyl sites for hydroxylation is 1. The molecule has 0 radical (unpaired) electrons. The first-order valence-corrected chi connectivity index (χ1v) is 5.56. The second-order valence-electron chi connectivity index (χ2n) is 4.29. The van der Waals surface area contributed by atoms with Gasteiger partial charge in [-0.1, -0.05) is 13.8 Å². The molecule has 0 aromatic carbocycles. The summed E-state index contributed by atoms with van der Waals surface area (Å²) >= 11 is 0. The lowest BCUT2D eigenvalue weighted by atomic mass is 10.1. The van der Waals surface area contributed by atoms with Gasteiger partial charge in [0.1, 0.15) is 0 Å². The van der Waals surface area contributed by atoms with Crippen LogP contribution in [0.5, 0.6) is 5.88 Å². The summed E-state index contributed by atoms with van der Waals surface area (Å²) in [6.45, 7) is 4.18. The highest BCUT2D eigenvalue weighted by atomic mass is 16.5. The minimum atomic E-state index is -0.486. The van der Waals surface area contributed by atoms with Gasteiger partial charge in [-0.2, -0.15) is 5.10 Å². The van der Waals surface area contributed by atoms with Crippen LogP contribution in [0.4, 0.5) is 0 Å². The molecule has 1 unspecified atom stereocenters. The maximum atomic E-state index is 11.6. The average molecular weight is 240 g/mol. The molecule has 0 aliphatic carbocycles. The van der Waals surface area contributed by atoms with Crippen molar-refractivity contribution in [3.8, 4) is 5.88 Å². The Hall–Kier alpha value is -1.56. The average Bonchev–Trinajstić information content (AvgIpc) is 2.65. The number of carbonyl (C=O) groups is 1. The van der Waals surface area contributed by atoms with Crippen molar-refractivity contribution in [2.45, 2.75) is 26.4 Å². The van der Waals surface area contributed by atoms with E-state index in [0.717, 1.165) is 5.69 Å². The monoisotopic (exact) mass is 240 g/mol. The molecule has 6 nitrogen and oxygen atoms in total. The number of hydrogen-bond acceptors (Lipinski definition) is 4. The molecule has 1 aromatic heterocycles. The number of nitrogens with two attached hydrogens (primary N) is 1. The van der Waals surface area contributed by atoms with Crippen LogP contribution in [0.1, 0.15) is 19.5 Å². The first-order valence-electron chi connectivity index (χ1n) is 5.56. The minimum Gasteiger partial charge on any atom is -0.481 e. The molecular weight excluding hydrogens is 220 g/mol. The fourth-order valence-electron chi connectivity index (χ4n) is 1.38. The van der Waals surface area contributed by atoms with Crippen LogP contribution >= 0.6 is 0 Å². The first kappa shape index (κ1) is 13.5. The lowest BCUT2D eigenvalue weighted by Crippen LogP contribution is -2.43. The Balaban J connectivity index is 2.53. The smallest absolute Gasteiger partial charge is 0.237 e. The third-order valence-corrected chi connectivity index (χ3v) is 2.56. The normalized spacial score (nSPS) is 12.6. The van der Waals surface area contributed by atoms with Crippen LogP contribution in [0.25, 0.3) is 0 Å². The second kappa shape index (κ2) is 5.67. The summed E-state index contributed by atoms with van der Waals surface area (Å²) in [5, 5.41) is 6.94. The summed E-state index contributed by atoms with van der Waals surface area (Å²) in [5.41, 5.74) is 6.47.